The van der Waals surface area contributed by atoms with Crippen LogP contribution in [0, 0.1) is 6.92 Å². The Morgan fingerprint density at radius 2 is 1.62 bits per heavy atom. The standard InChI is InChI=1S/C36H47N3O5S/c1-4-44-33-22-20-32(21-23-33)39(45(3,42)43)24-12-19-35(40)38(27-30-16-11-13-28(2)25-30)34(26-29-14-7-5-8-15-29)36(41)37-31-17-9-6-10-18-31/h5,7-8,11,13-16,20-23,25,31,34H,4,6,9-10,12,17-19,24,26-27H2,1-3H3,(H,37,41)/t34-/m1/s1. The van der Waals surface area contributed by atoms with Gasteiger partial charge in [-0.2, -0.15) is 0 Å². The molecule has 45 heavy (non-hydrogen) atoms. The average molecular weight is 634 g/mol. The van der Waals surface area contributed by atoms with Gasteiger partial charge in [-0.25, -0.2) is 8.42 Å². The van der Waals surface area contributed by atoms with Crippen molar-refractivity contribution in [3.8, 4) is 5.75 Å². The number of sulfonamides is 1. The van der Waals surface area contributed by atoms with Crippen molar-refractivity contribution in [2.45, 2.75) is 83.8 Å². The van der Waals surface area contributed by atoms with Gasteiger partial charge in [-0.05, 0) is 68.5 Å². The van der Waals surface area contributed by atoms with Crippen molar-refractivity contribution in [2.75, 3.05) is 23.7 Å². The zero-order valence-electron chi connectivity index (χ0n) is 26.8. The molecule has 9 heteroatoms. The van der Waals surface area contributed by atoms with Crippen LogP contribution in [0.3, 0.4) is 0 Å². The van der Waals surface area contributed by atoms with Crippen LogP contribution < -0.4 is 14.4 Å². The van der Waals surface area contributed by atoms with Crippen LogP contribution in [-0.2, 0) is 32.6 Å². The van der Waals surface area contributed by atoms with Crippen molar-refractivity contribution < 1.29 is 22.7 Å². The number of carbonyl (C=O) groups is 2. The molecule has 1 N–H and O–H groups in total. The van der Waals surface area contributed by atoms with Crippen molar-refractivity contribution >= 4 is 27.5 Å². The number of amides is 2. The Morgan fingerprint density at radius 3 is 2.27 bits per heavy atom. The molecule has 1 fully saturated rings. The summed E-state index contributed by atoms with van der Waals surface area (Å²) in [6, 6.07) is 24.1. The fourth-order valence-corrected chi connectivity index (χ4v) is 6.95. The zero-order chi connectivity index (χ0) is 32.2. The van der Waals surface area contributed by atoms with Gasteiger partial charge in [0.2, 0.25) is 21.8 Å². The van der Waals surface area contributed by atoms with Crippen LogP contribution in [0.2, 0.25) is 0 Å². The largest absolute Gasteiger partial charge is 0.494 e. The van der Waals surface area contributed by atoms with Crippen LogP contribution in [0.1, 0.15) is 68.6 Å². The number of ether oxygens (including phenoxy) is 1. The topological polar surface area (TPSA) is 96.0 Å². The molecule has 0 bridgehead atoms. The molecule has 1 aliphatic rings. The summed E-state index contributed by atoms with van der Waals surface area (Å²) in [5, 5.41) is 3.27. The molecular formula is C36H47N3O5S. The first-order valence-corrected chi connectivity index (χ1v) is 17.9. The van der Waals surface area contributed by atoms with Gasteiger partial charge in [0.1, 0.15) is 11.8 Å². The highest BCUT2D eigenvalue weighted by atomic mass is 32.2. The minimum atomic E-state index is -3.60. The average Bonchev–Trinajstić information content (AvgIpc) is 3.02. The number of rotatable bonds is 15. The Kier molecular flexibility index (Phi) is 12.4. The predicted octanol–water partition coefficient (Wildman–Crippen LogP) is 6.03. The van der Waals surface area contributed by atoms with Gasteiger partial charge in [-0.15, -0.1) is 0 Å². The number of nitrogens with zero attached hydrogens (tertiary/aromatic N) is 2. The van der Waals surface area contributed by atoms with Crippen LogP contribution in [0.4, 0.5) is 5.69 Å². The minimum absolute atomic E-state index is 0.0941. The van der Waals surface area contributed by atoms with Gasteiger partial charge in [-0.1, -0.05) is 79.4 Å². The molecule has 1 saturated carbocycles. The molecule has 0 aliphatic heterocycles. The fourth-order valence-electron chi connectivity index (χ4n) is 5.98. The van der Waals surface area contributed by atoms with Gasteiger partial charge in [0.05, 0.1) is 18.6 Å². The highest BCUT2D eigenvalue weighted by Gasteiger charge is 2.32. The van der Waals surface area contributed by atoms with Gasteiger partial charge in [0.15, 0.2) is 0 Å². The fraction of sp³-hybridized carbons (Fsp3) is 0.444. The van der Waals surface area contributed by atoms with Crippen LogP contribution >= 0.6 is 0 Å². The Morgan fingerprint density at radius 1 is 0.933 bits per heavy atom. The Labute approximate surface area is 268 Å². The smallest absolute Gasteiger partial charge is 0.243 e. The number of aryl methyl sites for hydroxylation is 1. The van der Waals surface area contributed by atoms with Gasteiger partial charge < -0.3 is 15.0 Å². The first-order chi connectivity index (χ1) is 21.6. The molecule has 8 nitrogen and oxygen atoms in total. The van der Waals surface area contributed by atoms with E-state index in [0.717, 1.165) is 42.4 Å². The molecule has 2 amide bonds. The molecule has 0 heterocycles. The summed E-state index contributed by atoms with van der Waals surface area (Å²) in [6.07, 6.45) is 7.20. The van der Waals surface area contributed by atoms with E-state index in [4.69, 9.17) is 4.74 Å². The van der Waals surface area contributed by atoms with E-state index >= 15 is 0 Å². The maximum atomic E-state index is 14.1. The maximum Gasteiger partial charge on any atom is 0.243 e. The molecule has 0 saturated heterocycles. The van der Waals surface area contributed by atoms with E-state index in [1.54, 1.807) is 29.2 Å². The number of hydrogen-bond acceptors (Lipinski definition) is 5. The van der Waals surface area contributed by atoms with Gasteiger partial charge in [0, 0.05) is 32.0 Å². The van der Waals surface area contributed by atoms with E-state index in [0.29, 0.717) is 30.9 Å². The molecule has 3 aromatic rings. The summed E-state index contributed by atoms with van der Waals surface area (Å²) in [7, 11) is -3.60. The highest BCUT2D eigenvalue weighted by molar-refractivity contribution is 7.92. The van der Waals surface area contributed by atoms with E-state index in [1.165, 1.54) is 17.0 Å². The Bertz CT molecular complexity index is 1490. The quantitative estimate of drug-likeness (QED) is 0.221. The lowest BCUT2D eigenvalue weighted by Gasteiger charge is -2.34. The molecule has 1 atom stereocenters. The van der Waals surface area contributed by atoms with E-state index < -0.39 is 16.1 Å². The van der Waals surface area contributed by atoms with E-state index in [9.17, 15) is 18.0 Å². The van der Waals surface area contributed by atoms with Gasteiger partial charge >= 0.3 is 0 Å². The molecule has 0 unspecified atom stereocenters. The highest BCUT2D eigenvalue weighted by Crippen LogP contribution is 2.24. The summed E-state index contributed by atoms with van der Waals surface area (Å²) in [5.74, 6) is 0.336. The molecule has 1 aliphatic carbocycles. The second kappa shape index (κ2) is 16.5. The Hall–Kier alpha value is -3.85. The van der Waals surface area contributed by atoms with Crippen molar-refractivity contribution in [3.05, 3.63) is 95.6 Å². The third-order valence-corrected chi connectivity index (χ3v) is 9.44. The van der Waals surface area contributed by atoms with Gasteiger partial charge in [-0.3, -0.25) is 13.9 Å². The molecule has 242 valence electrons. The SMILES string of the molecule is CCOc1ccc(N(CCCC(=O)N(Cc2cccc(C)c2)[C@H](Cc2ccccc2)C(=O)NC2CCCCC2)S(C)(=O)=O)cc1. The summed E-state index contributed by atoms with van der Waals surface area (Å²) in [5.41, 5.74) is 3.50. The number of carbonyl (C=O) groups excluding carboxylic acids is 2. The summed E-state index contributed by atoms with van der Waals surface area (Å²) < 4.78 is 32.3. The van der Waals surface area contributed by atoms with Crippen LogP contribution in [0.25, 0.3) is 0 Å². The molecule has 0 spiro atoms. The summed E-state index contributed by atoms with van der Waals surface area (Å²) in [6.45, 7) is 4.83. The Balaban J connectivity index is 1.57. The number of nitrogens with one attached hydrogen (secondary N) is 1. The van der Waals surface area contributed by atoms with Crippen molar-refractivity contribution in [1.29, 1.82) is 0 Å². The second-order valence-electron chi connectivity index (χ2n) is 11.9. The van der Waals surface area contributed by atoms with Crippen LogP contribution in [-0.4, -0.2) is 56.6 Å². The maximum absolute atomic E-state index is 14.1. The molecule has 3 aromatic carbocycles. The molecule has 0 radical (unpaired) electrons. The van der Waals surface area contributed by atoms with Crippen molar-refractivity contribution in [2.24, 2.45) is 0 Å². The number of benzene rings is 3. The predicted molar refractivity (Wildman–Crippen MR) is 180 cm³/mol. The third-order valence-electron chi connectivity index (χ3n) is 8.25. The summed E-state index contributed by atoms with van der Waals surface area (Å²) >= 11 is 0. The molecular weight excluding hydrogens is 586 g/mol. The first-order valence-electron chi connectivity index (χ1n) is 16.0. The molecule has 0 aromatic heterocycles. The number of anilines is 1. The van der Waals surface area contributed by atoms with E-state index in [1.807, 2.05) is 68.4 Å². The molecule has 4 rings (SSSR count). The van der Waals surface area contributed by atoms with Crippen LogP contribution in [0.5, 0.6) is 5.75 Å². The second-order valence-corrected chi connectivity index (χ2v) is 13.8. The van der Waals surface area contributed by atoms with Crippen molar-refractivity contribution in [3.63, 3.8) is 0 Å². The van der Waals surface area contributed by atoms with Crippen LogP contribution in [0.15, 0.2) is 78.9 Å². The van der Waals surface area contributed by atoms with E-state index in [-0.39, 0.29) is 37.4 Å². The zero-order valence-corrected chi connectivity index (χ0v) is 27.6. The van der Waals surface area contributed by atoms with Gasteiger partial charge in [0.25, 0.3) is 0 Å². The first kappa shape index (κ1) is 34.0. The number of hydrogen-bond donors (Lipinski definition) is 1. The van der Waals surface area contributed by atoms with E-state index in [2.05, 4.69) is 5.32 Å². The summed E-state index contributed by atoms with van der Waals surface area (Å²) in [4.78, 5) is 29.8. The van der Waals surface area contributed by atoms with Crippen molar-refractivity contribution in [1.82, 2.24) is 10.2 Å². The third kappa shape index (κ3) is 10.3. The minimum Gasteiger partial charge on any atom is -0.494 e. The monoisotopic (exact) mass is 633 g/mol. The lowest BCUT2D eigenvalue weighted by atomic mass is 9.94. The lowest BCUT2D eigenvalue weighted by Crippen LogP contribution is -2.53. The lowest BCUT2D eigenvalue weighted by molar-refractivity contribution is -0.141. The normalized spacial score (nSPS) is 14.4.